The third-order valence-corrected chi connectivity index (χ3v) is 7.07. The van der Waals surface area contributed by atoms with Crippen molar-refractivity contribution in [1.82, 2.24) is 15.2 Å². The second-order valence-electron chi connectivity index (χ2n) is 8.81. The Hall–Kier alpha value is -2.67. The van der Waals surface area contributed by atoms with Crippen LogP contribution in [0.3, 0.4) is 0 Å². The number of hydrogen-bond donors (Lipinski definition) is 2. The van der Waals surface area contributed by atoms with E-state index in [4.69, 9.17) is 9.47 Å². The number of fused-ring (bicyclic) bond motifs is 5. The van der Waals surface area contributed by atoms with Gasteiger partial charge in [0.05, 0.1) is 19.8 Å². The zero-order chi connectivity index (χ0) is 22.1. The van der Waals surface area contributed by atoms with Crippen LogP contribution in [0.15, 0.2) is 54.6 Å². The third-order valence-electron chi connectivity index (χ3n) is 7.07. The minimum Gasteiger partial charge on any atom is -0.468 e. The lowest BCUT2D eigenvalue weighted by Crippen LogP contribution is -2.55. The van der Waals surface area contributed by atoms with E-state index in [-0.39, 0.29) is 24.1 Å². The lowest BCUT2D eigenvalue weighted by molar-refractivity contribution is -0.152. The summed E-state index contributed by atoms with van der Waals surface area (Å²) in [6, 6.07) is 19.2. The average molecular weight is 434 g/mol. The molecule has 3 aromatic rings. The fourth-order valence-electron chi connectivity index (χ4n) is 5.68. The summed E-state index contributed by atoms with van der Waals surface area (Å²) in [5, 5.41) is 4.91. The number of esters is 1. The standard InChI is InChI=1S/C26H31N3O3/c1-31-13-12-27-18-14-22(17-8-4-3-5-9-17)29-23(15-18)25-20(16-24(29)26(30)32-2)19-10-6-7-11-21(19)28-25/h3-11,18,22-24,27-28H,12-16H2,1-2H3/t18-,22+,23-,24+/m1/s1. The molecule has 0 saturated carbocycles. The van der Waals surface area contributed by atoms with Gasteiger partial charge in [-0.1, -0.05) is 48.5 Å². The molecular weight excluding hydrogens is 402 g/mol. The first-order chi connectivity index (χ1) is 15.7. The number of nitrogens with zero attached hydrogens (tertiary/aromatic N) is 1. The quantitative estimate of drug-likeness (QED) is 0.458. The van der Waals surface area contributed by atoms with Crippen LogP contribution in [0.4, 0.5) is 0 Å². The van der Waals surface area contributed by atoms with Gasteiger partial charge < -0.3 is 19.8 Å². The van der Waals surface area contributed by atoms with E-state index in [1.165, 1.54) is 29.3 Å². The Morgan fingerprint density at radius 2 is 1.81 bits per heavy atom. The lowest BCUT2D eigenvalue weighted by Gasteiger charge is -2.50. The van der Waals surface area contributed by atoms with E-state index in [1.807, 2.05) is 6.07 Å². The van der Waals surface area contributed by atoms with Crippen LogP contribution >= 0.6 is 0 Å². The number of aromatic amines is 1. The minimum absolute atomic E-state index is 0.106. The monoisotopic (exact) mass is 433 g/mol. The maximum Gasteiger partial charge on any atom is 0.323 e. The number of hydrogen-bond acceptors (Lipinski definition) is 5. The number of nitrogens with one attached hydrogen (secondary N) is 2. The summed E-state index contributed by atoms with van der Waals surface area (Å²) in [4.78, 5) is 19.2. The van der Waals surface area contributed by atoms with Crippen LogP contribution in [0.25, 0.3) is 10.9 Å². The fraction of sp³-hybridized carbons (Fsp3) is 0.423. The van der Waals surface area contributed by atoms with E-state index in [0.29, 0.717) is 19.1 Å². The molecule has 0 unspecified atom stereocenters. The normalized spacial score (nSPS) is 25.3. The highest BCUT2D eigenvalue weighted by Gasteiger charge is 2.48. The van der Waals surface area contributed by atoms with Gasteiger partial charge in [-0.2, -0.15) is 0 Å². The van der Waals surface area contributed by atoms with Crippen molar-refractivity contribution in [3.8, 4) is 0 Å². The zero-order valence-electron chi connectivity index (χ0n) is 18.7. The molecule has 2 aliphatic rings. The Bertz CT molecular complexity index is 1080. The molecule has 2 aromatic carbocycles. The molecule has 5 rings (SSSR count). The van der Waals surface area contributed by atoms with Crippen molar-refractivity contribution in [2.75, 3.05) is 27.4 Å². The predicted octanol–water partition coefficient (Wildman–Crippen LogP) is 3.75. The lowest BCUT2D eigenvalue weighted by atomic mass is 9.79. The number of aromatic nitrogens is 1. The number of methoxy groups -OCH3 is 2. The molecule has 2 aliphatic heterocycles. The maximum atomic E-state index is 13.1. The van der Waals surface area contributed by atoms with E-state index < -0.39 is 0 Å². The molecule has 1 saturated heterocycles. The number of ether oxygens (including phenoxy) is 2. The van der Waals surface area contributed by atoms with Crippen LogP contribution in [-0.4, -0.2) is 55.3 Å². The van der Waals surface area contributed by atoms with E-state index in [9.17, 15) is 4.79 Å². The van der Waals surface area contributed by atoms with Crippen molar-refractivity contribution in [2.45, 2.75) is 43.4 Å². The molecule has 32 heavy (non-hydrogen) atoms. The number of benzene rings is 2. The first-order valence-corrected chi connectivity index (χ1v) is 11.4. The van der Waals surface area contributed by atoms with E-state index in [0.717, 1.165) is 24.9 Å². The van der Waals surface area contributed by atoms with E-state index in [2.05, 4.69) is 63.7 Å². The van der Waals surface area contributed by atoms with Crippen molar-refractivity contribution < 1.29 is 14.3 Å². The Kier molecular flexibility index (Phi) is 6.00. The van der Waals surface area contributed by atoms with Gasteiger partial charge in [-0.15, -0.1) is 0 Å². The summed E-state index contributed by atoms with van der Waals surface area (Å²) in [5.74, 6) is -0.155. The topological polar surface area (TPSA) is 66.6 Å². The van der Waals surface area contributed by atoms with Gasteiger partial charge in [0.1, 0.15) is 6.04 Å². The molecule has 4 atom stereocenters. The Labute approximate surface area is 188 Å². The summed E-state index contributed by atoms with van der Waals surface area (Å²) in [6.07, 6.45) is 2.53. The molecule has 0 aliphatic carbocycles. The highest BCUT2D eigenvalue weighted by molar-refractivity contribution is 5.87. The van der Waals surface area contributed by atoms with Gasteiger partial charge in [0.15, 0.2) is 0 Å². The molecule has 6 heteroatoms. The van der Waals surface area contributed by atoms with Crippen molar-refractivity contribution in [3.63, 3.8) is 0 Å². The molecule has 168 valence electrons. The molecule has 1 fully saturated rings. The van der Waals surface area contributed by atoms with E-state index in [1.54, 1.807) is 7.11 Å². The molecular formula is C26H31N3O3. The Morgan fingerprint density at radius 3 is 2.59 bits per heavy atom. The Morgan fingerprint density at radius 1 is 1.06 bits per heavy atom. The van der Waals surface area contributed by atoms with Crippen LogP contribution < -0.4 is 5.32 Å². The van der Waals surface area contributed by atoms with Gasteiger partial charge in [0, 0.05) is 48.8 Å². The number of carbonyl (C=O) groups excluding carboxylic acids is 1. The Balaban J connectivity index is 1.61. The average Bonchev–Trinajstić information content (AvgIpc) is 3.22. The van der Waals surface area contributed by atoms with Gasteiger partial charge in [0.25, 0.3) is 0 Å². The summed E-state index contributed by atoms with van der Waals surface area (Å²) in [7, 11) is 3.23. The van der Waals surface area contributed by atoms with Crippen molar-refractivity contribution >= 4 is 16.9 Å². The number of carbonyl (C=O) groups is 1. The van der Waals surface area contributed by atoms with Crippen LogP contribution in [0.5, 0.6) is 0 Å². The van der Waals surface area contributed by atoms with Crippen LogP contribution in [0.2, 0.25) is 0 Å². The summed E-state index contributed by atoms with van der Waals surface area (Å²) < 4.78 is 10.6. The summed E-state index contributed by atoms with van der Waals surface area (Å²) in [5.41, 5.74) is 4.87. The second kappa shape index (κ2) is 9.06. The molecule has 0 bridgehead atoms. The molecule has 0 radical (unpaired) electrons. The molecule has 3 heterocycles. The van der Waals surface area contributed by atoms with Crippen molar-refractivity contribution in [1.29, 1.82) is 0 Å². The van der Waals surface area contributed by atoms with E-state index >= 15 is 0 Å². The predicted molar refractivity (Wildman–Crippen MR) is 124 cm³/mol. The van der Waals surface area contributed by atoms with Gasteiger partial charge in [-0.25, -0.2) is 0 Å². The van der Waals surface area contributed by atoms with Gasteiger partial charge in [0.2, 0.25) is 0 Å². The van der Waals surface area contributed by atoms with Crippen LogP contribution in [-0.2, 0) is 20.7 Å². The molecule has 2 N–H and O–H groups in total. The third kappa shape index (κ3) is 3.72. The number of H-pyrrole nitrogens is 1. The zero-order valence-corrected chi connectivity index (χ0v) is 18.7. The number of para-hydroxylation sites is 1. The fourth-order valence-corrected chi connectivity index (χ4v) is 5.68. The number of piperidine rings is 1. The van der Waals surface area contributed by atoms with Crippen LogP contribution in [0.1, 0.15) is 41.7 Å². The molecule has 1 aromatic heterocycles. The maximum absolute atomic E-state index is 13.1. The highest BCUT2D eigenvalue weighted by atomic mass is 16.5. The largest absolute Gasteiger partial charge is 0.468 e. The first-order valence-electron chi connectivity index (χ1n) is 11.4. The SMILES string of the molecule is COCCN[C@H]1C[C@@H]2c3[nH]c4ccccc4c3C[C@@H](C(=O)OC)N2[C@H](c2ccccc2)C1. The second-order valence-corrected chi connectivity index (χ2v) is 8.81. The van der Waals surface area contributed by atoms with Gasteiger partial charge in [-0.3, -0.25) is 9.69 Å². The number of rotatable bonds is 6. The molecule has 0 spiro atoms. The highest BCUT2D eigenvalue weighted by Crippen LogP contribution is 2.48. The van der Waals surface area contributed by atoms with Gasteiger partial charge in [-0.05, 0) is 30.0 Å². The molecule has 0 amide bonds. The van der Waals surface area contributed by atoms with Crippen molar-refractivity contribution in [3.05, 3.63) is 71.4 Å². The van der Waals surface area contributed by atoms with Crippen LogP contribution in [0, 0.1) is 0 Å². The van der Waals surface area contributed by atoms with Crippen molar-refractivity contribution in [2.24, 2.45) is 0 Å². The van der Waals surface area contributed by atoms with Gasteiger partial charge >= 0.3 is 5.97 Å². The molecule has 6 nitrogen and oxygen atoms in total. The smallest absolute Gasteiger partial charge is 0.323 e. The minimum atomic E-state index is -0.304. The summed E-state index contributed by atoms with van der Waals surface area (Å²) in [6.45, 7) is 1.50. The first kappa shape index (κ1) is 21.2. The summed E-state index contributed by atoms with van der Waals surface area (Å²) >= 11 is 0.